The Morgan fingerprint density at radius 3 is 2.52 bits per heavy atom. The van der Waals surface area contributed by atoms with Gasteiger partial charge in [-0.1, -0.05) is 74.2 Å². The van der Waals surface area contributed by atoms with Gasteiger partial charge >= 0.3 is 0 Å². The second kappa shape index (κ2) is 9.00. The summed E-state index contributed by atoms with van der Waals surface area (Å²) in [5, 5.41) is 0.834. The van der Waals surface area contributed by atoms with Crippen LogP contribution in [0.2, 0.25) is 0 Å². The Morgan fingerprint density at radius 1 is 1.07 bits per heavy atom. The first-order chi connectivity index (χ1) is 14.2. The number of amides is 1. The molecule has 1 aliphatic carbocycles. The summed E-state index contributed by atoms with van der Waals surface area (Å²) in [6, 6.07) is 16.8. The number of carbonyl (C=O) groups is 1. The highest BCUT2D eigenvalue weighted by molar-refractivity contribution is 8.18. The van der Waals surface area contributed by atoms with E-state index in [2.05, 4.69) is 56.3 Å². The van der Waals surface area contributed by atoms with Gasteiger partial charge in [0.05, 0.1) is 10.6 Å². The number of aliphatic imine (C=N–C) groups is 1. The Hall–Kier alpha value is -2.33. The van der Waals surface area contributed by atoms with Gasteiger partial charge in [-0.05, 0) is 61.2 Å². The molecule has 0 radical (unpaired) electrons. The second-order valence-electron chi connectivity index (χ2n) is 7.86. The van der Waals surface area contributed by atoms with Crippen molar-refractivity contribution in [3.8, 4) is 0 Å². The predicted molar refractivity (Wildman–Crippen MR) is 123 cm³/mol. The smallest absolute Gasteiger partial charge is 0.267 e. The van der Waals surface area contributed by atoms with E-state index in [1.165, 1.54) is 42.2 Å². The summed E-state index contributed by atoms with van der Waals surface area (Å²) in [6.45, 7) is 4.22. The minimum absolute atomic E-state index is 0.107. The third kappa shape index (κ3) is 4.48. The first-order valence-corrected chi connectivity index (χ1v) is 11.4. The molecule has 3 nitrogen and oxygen atoms in total. The molecule has 1 heterocycles. The van der Waals surface area contributed by atoms with E-state index >= 15 is 0 Å². The molecule has 0 unspecified atom stereocenters. The van der Waals surface area contributed by atoms with E-state index in [1.807, 2.05) is 17.0 Å². The van der Waals surface area contributed by atoms with Gasteiger partial charge < -0.3 is 0 Å². The quantitative estimate of drug-likeness (QED) is 0.545. The number of para-hydroxylation sites is 1. The molecule has 2 aliphatic rings. The summed E-state index contributed by atoms with van der Waals surface area (Å²) in [7, 11) is 0. The van der Waals surface area contributed by atoms with Gasteiger partial charge in [0.2, 0.25) is 0 Å². The van der Waals surface area contributed by atoms with E-state index in [9.17, 15) is 4.79 Å². The SMILES string of the molecule is CCc1ccccc1N=C1S/C(=C/c2ccc(C)cc2)C(=O)N1C1CCCCC1. The predicted octanol–water partition coefficient (Wildman–Crippen LogP) is 6.49. The molecular formula is C25H28N2OS. The standard InChI is InChI=1S/C25H28N2OS/c1-3-20-9-7-8-12-22(20)26-25-27(21-10-5-4-6-11-21)24(28)23(29-25)17-19-15-13-18(2)14-16-19/h7-9,12-17,21H,3-6,10-11H2,1-2H3/b23-17+,26-25?. The Balaban J connectivity index is 1.72. The van der Waals surface area contributed by atoms with Crippen LogP contribution in [0.25, 0.3) is 6.08 Å². The minimum atomic E-state index is 0.107. The van der Waals surface area contributed by atoms with Gasteiger partial charge in [0.25, 0.3) is 5.91 Å². The van der Waals surface area contributed by atoms with Crippen LogP contribution in [0.15, 0.2) is 58.4 Å². The number of nitrogens with zero attached hydrogens (tertiary/aromatic N) is 2. The fraction of sp³-hybridized carbons (Fsp3) is 0.360. The molecule has 0 aromatic heterocycles. The first kappa shape index (κ1) is 20.0. The van der Waals surface area contributed by atoms with Crippen molar-refractivity contribution in [2.24, 2.45) is 4.99 Å². The van der Waals surface area contributed by atoms with Crippen molar-refractivity contribution in [3.05, 3.63) is 70.1 Å². The van der Waals surface area contributed by atoms with E-state index in [-0.39, 0.29) is 11.9 Å². The molecule has 0 atom stereocenters. The molecule has 1 saturated heterocycles. The number of carbonyl (C=O) groups excluding carboxylic acids is 1. The van der Waals surface area contributed by atoms with Crippen molar-refractivity contribution in [1.29, 1.82) is 0 Å². The molecule has 1 saturated carbocycles. The lowest BCUT2D eigenvalue weighted by Crippen LogP contribution is -2.40. The van der Waals surface area contributed by atoms with Crippen LogP contribution in [0.4, 0.5) is 5.69 Å². The van der Waals surface area contributed by atoms with Crippen LogP contribution in [0, 0.1) is 6.92 Å². The molecule has 29 heavy (non-hydrogen) atoms. The van der Waals surface area contributed by atoms with E-state index in [1.54, 1.807) is 0 Å². The van der Waals surface area contributed by atoms with Crippen molar-refractivity contribution in [1.82, 2.24) is 4.90 Å². The molecule has 0 bridgehead atoms. The lowest BCUT2D eigenvalue weighted by Gasteiger charge is -2.30. The number of rotatable bonds is 4. The van der Waals surface area contributed by atoms with Crippen molar-refractivity contribution in [3.63, 3.8) is 0 Å². The normalized spacial score (nSPS) is 20.8. The van der Waals surface area contributed by atoms with E-state index in [0.717, 1.165) is 40.6 Å². The summed E-state index contributed by atoms with van der Waals surface area (Å²) in [6.07, 6.45) is 8.72. The third-order valence-corrected chi connectivity index (χ3v) is 6.72. The number of amidine groups is 1. The van der Waals surface area contributed by atoms with Crippen molar-refractivity contribution >= 4 is 34.6 Å². The molecule has 2 fully saturated rings. The monoisotopic (exact) mass is 404 g/mol. The van der Waals surface area contributed by atoms with Crippen LogP contribution in [-0.2, 0) is 11.2 Å². The maximum absolute atomic E-state index is 13.4. The third-order valence-electron chi connectivity index (χ3n) is 5.74. The molecule has 2 aromatic rings. The summed E-state index contributed by atoms with van der Waals surface area (Å²) in [4.78, 5) is 21.1. The number of hydrogen-bond donors (Lipinski definition) is 0. The highest BCUT2D eigenvalue weighted by Crippen LogP contribution is 2.39. The Morgan fingerprint density at radius 2 is 1.79 bits per heavy atom. The van der Waals surface area contributed by atoms with Gasteiger partial charge in [-0.15, -0.1) is 0 Å². The molecule has 2 aromatic carbocycles. The van der Waals surface area contributed by atoms with Gasteiger partial charge in [0.15, 0.2) is 5.17 Å². The van der Waals surface area contributed by atoms with Gasteiger partial charge in [0, 0.05) is 6.04 Å². The zero-order chi connectivity index (χ0) is 20.2. The van der Waals surface area contributed by atoms with Gasteiger partial charge in [-0.3, -0.25) is 9.69 Å². The van der Waals surface area contributed by atoms with Crippen molar-refractivity contribution in [2.45, 2.75) is 58.4 Å². The minimum Gasteiger partial charge on any atom is -0.283 e. The van der Waals surface area contributed by atoms with Gasteiger partial charge in [-0.2, -0.15) is 0 Å². The van der Waals surface area contributed by atoms with Crippen LogP contribution in [0.3, 0.4) is 0 Å². The number of hydrogen-bond acceptors (Lipinski definition) is 3. The van der Waals surface area contributed by atoms with Gasteiger partial charge in [-0.25, -0.2) is 4.99 Å². The molecule has 150 valence electrons. The fourth-order valence-electron chi connectivity index (χ4n) is 4.06. The average molecular weight is 405 g/mol. The maximum atomic E-state index is 13.4. The lowest BCUT2D eigenvalue weighted by atomic mass is 9.94. The zero-order valence-corrected chi connectivity index (χ0v) is 18.0. The van der Waals surface area contributed by atoms with Crippen molar-refractivity contribution in [2.75, 3.05) is 0 Å². The molecule has 4 heteroatoms. The molecular weight excluding hydrogens is 376 g/mol. The number of aryl methyl sites for hydroxylation is 2. The van der Waals surface area contributed by atoms with Crippen LogP contribution in [0.5, 0.6) is 0 Å². The summed E-state index contributed by atoms with van der Waals surface area (Å²) in [5.74, 6) is 0.107. The molecule has 0 N–H and O–H groups in total. The van der Waals surface area contributed by atoms with Crippen LogP contribution in [-0.4, -0.2) is 22.0 Å². The van der Waals surface area contributed by atoms with E-state index < -0.39 is 0 Å². The molecule has 1 amide bonds. The summed E-state index contributed by atoms with van der Waals surface area (Å²) in [5.41, 5.74) is 4.47. The second-order valence-corrected chi connectivity index (χ2v) is 8.87. The van der Waals surface area contributed by atoms with Crippen LogP contribution < -0.4 is 0 Å². The summed E-state index contributed by atoms with van der Waals surface area (Å²) >= 11 is 1.52. The molecule has 1 aliphatic heterocycles. The number of benzene rings is 2. The Bertz CT molecular complexity index is 940. The largest absolute Gasteiger partial charge is 0.283 e. The first-order valence-electron chi connectivity index (χ1n) is 10.6. The van der Waals surface area contributed by atoms with Crippen LogP contribution in [0.1, 0.15) is 55.7 Å². The fourth-order valence-corrected chi connectivity index (χ4v) is 5.11. The highest BCUT2D eigenvalue weighted by Gasteiger charge is 2.38. The Kier molecular flexibility index (Phi) is 6.19. The van der Waals surface area contributed by atoms with E-state index in [4.69, 9.17) is 4.99 Å². The maximum Gasteiger partial charge on any atom is 0.267 e. The lowest BCUT2D eigenvalue weighted by molar-refractivity contribution is -0.124. The number of thioether (sulfide) groups is 1. The van der Waals surface area contributed by atoms with Crippen LogP contribution >= 0.6 is 11.8 Å². The average Bonchev–Trinajstić information content (AvgIpc) is 3.05. The molecule has 4 rings (SSSR count). The molecule has 0 spiro atoms. The topological polar surface area (TPSA) is 32.7 Å². The zero-order valence-electron chi connectivity index (χ0n) is 17.2. The van der Waals surface area contributed by atoms with Crippen molar-refractivity contribution < 1.29 is 4.79 Å². The van der Waals surface area contributed by atoms with E-state index in [0.29, 0.717) is 0 Å². The summed E-state index contributed by atoms with van der Waals surface area (Å²) < 4.78 is 0. The van der Waals surface area contributed by atoms with Gasteiger partial charge in [0.1, 0.15) is 0 Å². The Labute approximate surface area is 177 Å². The highest BCUT2D eigenvalue weighted by atomic mass is 32.2.